The van der Waals surface area contributed by atoms with E-state index in [1.165, 1.54) is 25.7 Å². The lowest BCUT2D eigenvalue weighted by atomic mass is 9.85. The predicted octanol–water partition coefficient (Wildman–Crippen LogP) is 1.99. The Morgan fingerprint density at radius 3 is 2.79 bits per heavy atom. The van der Waals surface area contributed by atoms with Gasteiger partial charge >= 0.3 is 0 Å². The first-order valence-corrected chi connectivity index (χ1v) is 6.02. The molecule has 1 N–H and O–H groups in total. The first kappa shape index (κ1) is 10.2. The van der Waals surface area contributed by atoms with Crippen molar-refractivity contribution >= 4 is 5.78 Å². The fourth-order valence-electron chi connectivity index (χ4n) is 3.26. The van der Waals surface area contributed by atoms with Crippen LogP contribution < -0.4 is 5.32 Å². The van der Waals surface area contributed by atoms with Crippen LogP contribution in [-0.4, -0.2) is 18.9 Å². The normalized spacial score (nSPS) is 35.1. The fourth-order valence-corrected chi connectivity index (χ4v) is 3.26. The molecule has 2 fully saturated rings. The molecule has 2 nitrogen and oxygen atoms in total. The van der Waals surface area contributed by atoms with Crippen molar-refractivity contribution in [2.75, 3.05) is 13.1 Å². The minimum Gasteiger partial charge on any atom is -0.310 e. The second-order valence-corrected chi connectivity index (χ2v) is 4.96. The van der Waals surface area contributed by atoms with Gasteiger partial charge in [0.2, 0.25) is 0 Å². The summed E-state index contributed by atoms with van der Waals surface area (Å²) < 4.78 is 0. The van der Waals surface area contributed by atoms with Crippen molar-refractivity contribution in [1.29, 1.82) is 0 Å². The lowest BCUT2D eigenvalue weighted by Crippen LogP contribution is -2.25. The van der Waals surface area contributed by atoms with E-state index >= 15 is 0 Å². The molecule has 0 spiro atoms. The number of Topliss-reactive ketones (excluding diaryl/α,β-unsaturated/α-hetero) is 1. The van der Waals surface area contributed by atoms with Gasteiger partial charge in [-0.05, 0) is 43.6 Å². The number of hydrogen-bond donors (Lipinski definition) is 1. The zero-order valence-electron chi connectivity index (χ0n) is 9.09. The van der Waals surface area contributed by atoms with E-state index in [0.717, 1.165) is 30.7 Å². The highest BCUT2D eigenvalue weighted by atomic mass is 16.1. The number of ketones is 1. The zero-order chi connectivity index (χ0) is 9.97. The van der Waals surface area contributed by atoms with Crippen molar-refractivity contribution in [2.24, 2.45) is 17.8 Å². The molecule has 3 atom stereocenters. The van der Waals surface area contributed by atoms with Crippen LogP contribution in [0.1, 0.15) is 39.0 Å². The molecule has 2 saturated carbocycles. The van der Waals surface area contributed by atoms with Gasteiger partial charge in [-0.15, -0.1) is 0 Å². The molecule has 0 aromatic carbocycles. The molecule has 2 bridgehead atoms. The highest BCUT2D eigenvalue weighted by Crippen LogP contribution is 2.49. The summed E-state index contributed by atoms with van der Waals surface area (Å²) in [6, 6.07) is 0. The van der Waals surface area contributed by atoms with Crippen LogP contribution in [0.2, 0.25) is 0 Å². The number of carbonyl (C=O) groups excluding carboxylic acids is 1. The first-order chi connectivity index (χ1) is 6.79. The first-order valence-electron chi connectivity index (χ1n) is 6.02. The summed E-state index contributed by atoms with van der Waals surface area (Å²) in [5.74, 6) is 3.02. The summed E-state index contributed by atoms with van der Waals surface area (Å²) >= 11 is 0. The zero-order valence-corrected chi connectivity index (χ0v) is 9.09. The van der Waals surface area contributed by atoms with Gasteiger partial charge in [0, 0.05) is 6.42 Å². The monoisotopic (exact) mass is 195 g/mol. The minimum absolute atomic E-state index is 0.421. The van der Waals surface area contributed by atoms with Crippen molar-refractivity contribution in [1.82, 2.24) is 5.32 Å². The standard InChI is InChI=1S/C12H21NO/c1-2-13-8-12(14)7-11-6-9-3-4-10(11)5-9/h9-11,13H,2-8H2,1H3. The molecule has 0 amide bonds. The van der Waals surface area contributed by atoms with Gasteiger partial charge in [0.25, 0.3) is 0 Å². The van der Waals surface area contributed by atoms with Crippen LogP contribution in [0.4, 0.5) is 0 Å². The van der Waals surface area contributed by atoms with Crippen LogP contribution in [0.15, 0.2) is 0 Å². The van der Waals surface area contributed by atoms with Gasteiger partial charge in [-0.3, -0.25) is 4.79 Å². The molecule has 2 aliphatic rings. The second kappa shape index (κ2) is 4.43. The third-order valence-corrected chi connectivity index (χ3v) is 3.95. The minimum atomic E-state index is 0.421. The van der Waals surface area contributed by atoms with Gasteiger partial charge in [-0.2, -0.15) is 0 Å². The molecule has 14 heavy (non-hydrogen) atoms. The van der Waals surface area contributed by atoms with E-state index < -0.39 is 0 Å². The van der Waals surface area contributed by atoms with E-state index in [9.17, 15) is 4.79 Å². The van der Waals surface area contributed by atoms with E-state index in [0.29, 0.717) is 12.3 Å². The lowest BCUT2D eigenvalue weighted by Gasteiger charge is -2.20. The number of fused-ring (bicyclic) bond motifs is 2. The van der Waals surface area contributed by atoms with Crippen molar-refractivity contribution in [3.8, 4) is 0 Å². The Balaban J connectivity index is 1.73. The highest BCUT2D eigenvalue weighted by Gasteiger charge is 2.39. The van der Waals surface area contributed by atoms with Crippen LogP contribution >= 0.6 is 0 Å². The van der Waals surface area contributed by atoms with E-state index in [4.69, 9.17) is 0 Å². The molecule has 0 radical (unpaired) electrons. The molecular formula is C12H21NO. The Hall–Kier alpha value is -0.370. The third kappa shape index (κ3) is 2.17. The van der Waals surface area contributed by atoms with Gasteiger partial charge in [0.05, 0.1) is 6.54 Å². The van der Waals surface area contributed by atoms with Crippen LogP contribution in [-0.2, 0) is 4.79 Å². The summed E-state index contributed by atoms with van der Waals surface area (Å²) in [4.78, 5) is 11.6. The van der Waals surface area contributed by atoms with Crippen LogP contribution in [0.3, 0.4) is 0 Å². The Kier molecular flexibility index (Phi) is 3.22. The number of carbonyl (C=O) groups is 1. The summed E-state index contributed by atoms with van der Waals surface area (Å²) in [5, 5.41) is 3.12. The van der Waals surface area contributed by atoms with E-state index in [2.05, 4.69) is 5.32 Å². The van der Waals surface area contributed by atoms with Gasteiger partial charge in [0.15, 0.2) is 0 Å². The molecule has 3 unspecified atom stereocenters. The Labute approximate surface area is 86.5 Å². The summed E-state index contributed by atoms with van der Waals surface area (Å²) in [5.41, 5.74) is 0. The van der Waals surface area contributed by atoms with Gasteiger partial charge in [0.1, 0.15) is 5.78 Å². The van der Waals surface area contributed by atoms with Crippen molar-refractivity contribution in [3.05, 3.63) is 0 Å². The number of nitrogens with one attached hydrogen (secondary N) is 1. The molecule has 0 heterocycles. The average molecular weight is 195 g/mol. The molecule has 0 saturated heterocycles. The Morgan fingerprint density at radius 1 is 1.36 bits per heavy atom. The van der Waals surface area contributed by atoms with E-state index in [-0.39, 0.29) is 0 Å². The van der Waals surface area contributed by atoms with Crippen molar-refractivity contribution in [3.63, 3.8) is 0 Å². The quantitative estimate of drug-likeness (QED) is 0.727. The molecule has 0 aromatic rings. The van der Waals surface area contributed by atoms with Crippen LogP contribution in [0.25, 0.3) is 0 Å². The van der Waals surface area contributed by atoms with Gasteiger partial charge in [-0.25, -0.2) is 0 Å². The Morgan fingerprint density at radius 2 is 2.21 bits per heavy atom. The van der Waals surface area contributed by atoms with Gasteiger partial charge < -0.3 is 5.32 Å². The maximum absolute atomic E-state index is 11.6. The highest BCUT2D eigenvalue weighted by molar-refractivity contribution is 5.80. The van der Waals surface area contributed by atoms with Crippen LogP contribution in [0.5, 0.6) is 0 Å². The summed E-state index contributed by atoms with van der Waals surface area (Å²) in [6.07, 6.45) is 6.42. The average Bonchev–Trinajstić information content (AvgIpc) is 2.76. The SMILES string of the molecule is CCNCC(=O)CC1CC2CCC1C2. The molecule has 0 aliphatic heterocycles. The Bertz CT molecular complexity index is 214. The molecular weight excluding hydrogens is 174 g/mol. The molecule has 0 aromatic heterocycles. The summed E-state index contributed by atoms with van der Waals surface area (Å²) in [7, 11) is 0. The topological polar surface area (TPSA) is 29.1 Å². The maximum Gasteiger partial charge on any atom is 0.146 e. The fraction of sp³-hybridized carbons (Fsp3) is 0.917. The summed E-state index contributed by atoms with van der Waals surface area (Å²) in [6.45, 7) is 3.54. The number of likely N-dealkylation sites (N-methyl/N-ethyl adjacent to an activating group) is 1. The van der Waals surface area contributed by atoms with E-state index in [1.54, 1.807) is 0 Å². The number of hydrogen-bond acceptors (Lipinski definition) is 2. The molecule has 2 aliphatic carbocycles. The van der Waals surface area contributed by atoms with Gasteiger partial charge in [-0.1, -0.05) is 13.3 Å². The van der Waals surface area contributed by atoms with Crippen LogP contribution in [0, 0.1) is 17.8 Å². The maximum atomic E-state index is 11.6. The van der Waals surface area contributed by atoms with Crippen molar-refractivity contribution in [2.45, 2.75) is 39.0 Å². The smallest absolute Gasteiger partial charge is 0.146 e. The largest absolute Gasteiger partial charge is 0.310 e. The third-order valence-electron chi connectivity index (χ3n) is 3.95. The second-order valence-electron chi connectivity index (χ2n) is 4.96. The van der Waals surface area contributed by atoms with E-state index in [1.807, 2.05) is 6.92 Å². The number of rotatable bonds is 5. The molecule has 80 valence electrons. The molecule has 2 heteroatoms. The lowest BCUT2D eigenvalue weighted by molar-refractivity contribution is -0.119. The molecule has 2 rings (SSSR count). The van der Waals surface area contributed by atoms with Crippen molar-refractivity contribution < 1.29 is 4.79 Å². The predicted molar refractivity (Wildman–Crippen MR) is 57.1 cm³/mol.